The van der Waals surface area contributed by atoms with Crippen LogP contribution in [0.4, 0.5) is 5.69 Å². The lowest BCUT2D eigenvalue weighted by molar-refractivity contribution is 0.102. The van der Waals surface area contributed by atoms with Crippen molar-refractivity contribution in [2.24, 2.45) is 0 Å². The molecule has 0 aliphatic carbocycles. The molecule has 0 atom stereocenters. The van der Waals surface area contributed by atoms with E-state index in [4.69, 9.17) is 34.8 Å². The van der Waals surface area contributed by atoms with Crippen molar-refractivity contribution in [1.29, 1.82) is 0 Å². The van der Waals surface area contributed by atoms with Crippen LogP contribution in [0.15, 0.2) is 30.7 Å². The Morgan fingerprint density at radius 1 is 1.17 bits per heavy atom. The Kier molecular flexibility index (Phi) is 4.01. The molecule has 18 heavy (non-hydrogen) atoms. The highest BCUT2D eigenvalue weighted by molar-refractivity contribution is 6.36. The number of nitrogens with zero attached hydrogens (tertiary/aromatic N) is 2. The van der Waals surface area contributed by atoms with Crippen molar-refractivity contribution in [3.8, 4) is 0 Å². The van der Waals surface area contributed by atoms with Gasteiger partial charge in [-0.05, 0) is 12.1 Å². The molecule has 0 aromatic carbocycles. The van der Waals surface area contributed by atoms with Gasteiger partial charge in [0.2, 0.25) is 0 Å². The molecular formula is C11H6Cl3N3O. The van der Waals surface area contributed by atoms with Crippen molar-refractivity contribution in [2.45, 2.75) is 0 Å². The Labute approximate surface area is 118 Å². The van der Waals surface area contributed by atoms with Crippen LogP contribution in [0.25, 0.3) is 0 Å². The summed E-state index contributed by atoms with van der Waals surface area (Å²) in [6.45, 7) is 0. The van der Waals surface area contributed by atoms with Crippen LogP contribution in [0.3, 0.4) is 0 Å². The molecule has 0 saturated carbocycles. The van der Waals surface area contributed by atoms with E-state index in [0.717, 1.165) is 0 Å². The molecule has 2 aromatic heterocycles. The molecule has 0 saturated heterocycles. The van der Waals surface area contributed by atoms with E-state index in [1.54, 1.807) is 6.07 Å². The van der Waals surface area contributed by atoms with Gasteiger partial charge in [0.25, 0.3) is 5.91 Å². The van der Waals surface area contributed by atoms with E-state index in [1.165, 1.54) is 24.7 Å². The zero-order valence-electron chi connectivity index (χ0n) is 8.82. The molecule has 0 fully saturated rings. The third kappa shape index (κ3) is 2.90. The first-order chi connectivity index (χ1) is 8.58. The molecule has 2 heterocycles. The number of aromatic nitrogens is 2. The van der Waals surface area contributed by atoms with Crippen molar-refractivity contribution in [2.75, 3.05) is 5.32 Å². The van der Waals surface area contributed by atoms with Gasteiger partial charge in [-0.15, -0.1) is 0 Å². The minimum atomic E-state index is -0.431. The fourth-order valence-corrected chi connectivity index (χ4v) is 1.75. The Morgan fingerprint density at radius 2 is 1.94 bits per heavy atom. The molecule has 4 nitrogen and oxygen atoms in total. The molecule has 7 heteroatoms. The fourth-order valence-electron chi connectivity index (χ4n) is 1.25. The SMILES string of the molecule is O=C(Nc1cnccc1Cl)c1cc(Cl)ncc1Cl. The lowest BCUT2D eigenvalue weighted by atomic mass is 10.2. The van der Waals surface area contributed by atoms with Gasteiger partial charge in [0, 0.05) is 12.4 Å². The predicted molar refractivity (Wildman–Crippen MR) is 71.5 cm³/mol. The van der Waals surface area contributed by atoms with Gasteiger partial charge in [-0.3, -0.25) is 9.78 Å². The summed E-state index contributed by atoms with van der Waals surface area (Å²) < 4.78 is 0. The summed E-state index contributed by atoms with van der Waals surface area (Å²) >= 11 is 17.5. The van der Waals surface area contributed by atoms with E-state index in [-0.39, 0.29) is 15.7 Å². The number of halogens is 3. The number of hydrogen-bond donors (Lipinski definition) is 1. The van der Waals surface area contributed by atoms with Gasteiger partial charge in [-0.2, -0.15) is 0 Å². The van der Waals surface area contributed by atoms with Crippen LogP contribution in [-0.2, 0) is 0 Å². The Bertz CT molecular complexity index is 604. The van der Waals surface area contributed by atoms with Crippen molar-refractivity contribution in [3.05, 3.63) is 51.5 Å². The molecule has 0 unspecified atom stereocenters. The minimum absolute atomic E-state index is 0.182. The molecule has 0 spiro atoms. The van der Waals surface area contributed by atoms with Gasteiger partial charge >= 0.3 is 0 Å². The zero-order valence-corrected chi connectivity index (χ0v) is 11.1. The predicted octanol–water partition coefficient (Wildman–Crippen LogP) is 3.69. The topological polar surface area (TPSA) is 54.9 Å². The van der Waals surface area contributed by atoms with Gasteiger partial charge in [0.1, 0.15) is 5.15 Å². The number of carbonyl (C=O) groups is 1. The Hall–Kier alpha value is -1.36. The second kappa shape index (κ2) is 5.52. The molecular weight excluding hydrogens is 296 g/mol. The van der Waals surface area contributed by atoms with E-state index in [9.17, 15) is 4.79 Å². The summed E-state index contributed by atoms with van der Waals surface area (Å²) in [5, 5.41) is 3.36. The summed E-state index contributed by atoms with van der Waals surface area (Å²) in [4.78, 5) is 19.6. The number of pyridine rings is 2. The summed E-state index contributed by atoms with van der Waals surface area (Å²) in [5.41, 5.74) is 0.616. The summed E-state index contributed by atoms with van der Waals surface area (Å²) in [6.07, 6.45) is 4.27. The monoisotopic (exact) mass is 301 g/mol. The van der Waals surface area contributed by atoms with Crippen LogP contribution in [0.5, 0.6) is 0 Å². The number of anilines is 1. The van der Waals surface area contributed by atoms with Gasteiger partial charge in [0.05, 0.1) is 27.5 Å². The quantitative estimate of drug-likeness (QED) is 0.861. The van der Waals surface area contributed by atoms with Crippen molar-refractivity contribution in [1.82, 2.24) is 9.97 Å². The van der Waals surface area contributed by atoms with Crippen molar-refractivity contribution < 1.29 is 4.79 Å². The maximum absolute atomic E-state index is 12.0. The van der Waals surface area contributed by atoms with E-state index in [1.807, 2.05) is 0 Å². The van der Waals surface area contributed by atoms with Crippen LogP contribution in [0.1, 0.15) is 10.4 Å². The van der Waals surface area contributed by atoms with Crippen LogP contribution < -0.4 is 5.32 Å². The normalized spacial score (nSPS) is 10.2. The highest BCUT2D eigenvalue weighted by Crippen LogP contribution is 2.23. The summed E-state index contributed by atoms with van der Waals surface area (Å²) in [5.74, 6) is -0.431. The second-order valence-corrected chi connectivity index (χ2v) is 4.50. The first-order valence-corrected chi connectivity index (χ1v) is 5.93. The Morgan fingerprint density at radius 3 is 2.67 bits per heavy atom. The number of amides is 1. The fraction of sp³-hybridized carbons (Fsp3) is 0. The molecule has 2 rings (SSSR count). The largest absolute Gasteiger partial charge is 0.319 e. The Balaban J connectivity index is 2.28. The van der Waals surface area contributed by atoms with E-state index < -0.39 is 5.91 Å². The van der Waals surface area contributed by atoms with Crippen molar-refractivity contribution >= 4 is 46.4 Å². The maximum Gasteiger partial charge on any atom is 0.257 e. The lowest BCUT2D eigenvalue weighted by Crippen LogP contribution is -2.13. The second-order valence-electron chi connectivity index (χ2n) is 3.30. The number of nitrogens with one attached hydrogen (secondary N) is 1. The average Bonchev–Trinajstić information content (AvgIpc) is 2.35. The number of rotatable bonds is 2. The summed E-state index contributed by atoms with van der Waals surface area (Å²) in [7, 11) is 0. The highest BCUT2D eigenvalue weighted by Gasteiger charge is 2.13. The van der Waals surface area contributed by atoms with Gasteiger partial charge in [-0.25, -0.2) is 4.98 Å². The number of hydrogen-bond acceptors (Lipinski definition) is 3. The van der Waals surface area contributed by atoms with Gasteiger partial charge < -0.3 is 5.32 Å². The van der Waals surface area contributed by atoms with Crippen LogP contribution >= 0.6 is 34.8 Å². The maximum atomic E-state index is 12.0. The molecule has 0 radical (unpaired) electrons. The minimum Gasteiger partial charge on any atom is -0.319 e. The highest BCUT2D eigenvalue weighted by atomic mass is 35.5. The molecule has 2 aromatic rings. The average molecular weight is 303 g/mol. The van der Waals surface area contributed by atoms with Gasteiger partial charge in [0.15, 0.2) is 0 Å². The lowest BCUT2D eigenvalue weighted by Gasteiger charge is -2.07. The molecule has 0 aliphatic rings. The van der Waals surface area contributed by atoms with Gasteiger partial charge in [-0.1, -0.05) is 34.8 Å². The third-order valence-corrected chi connectivity index (χ3v) is 2.92. The number of carbonyl (C=O) groups excluding carboxylic acids is 1. The van der Waals surface area contributed by atoms with E-state index >= 15 is 0 Å². The summed E-state index contributed by atoms with van der Waals surface area (Å²) in [6, 6.07) is 2.95. The molecule has 1 N–H and O–H groups in total. The molecule has 92 valence electrons. The van der Waals surface area contributed by atoms with Crippen LogP contribution in [-0.4, -0.2) is 15.9 Å². The standard InChI is InChI=1S/C11H6Cl3N3O/c12-7-1-2-15-5-9(7)17-11(18)6-3-10(14)16-4-8(6)13/h1-5H,(H,17,18). The van der Waals surface area contributed by atoms with Crippen LogP contribution in [0.2, 0.25) is 15.2 Å². The van der Waals surface area contributed by atoms with Crippen molar-refractivity contribution in [3.63, 3.8) is 0 Å². The first kappa shape index (κ1) is 13.1. The zero-order chi connectivity index (χ0) is 13.1. The molecule has 1 amide bonds. The van der Waals surface area contributed by atoms with E-state index in [2.05, 4.69) is 15.3 Å². The smallest absolute Gasteiger partial charge is 0.257 e. The molecule has 0 bridgehead atoms. The molecule has 0 aliphatic heterocycles. The van der Waals surface area contributed by atoms with E-state index in [0.29, 0.717) is 10.7 Å². The first-order valence-electron chi connectivity index (χ1n) is 4.80. The third-order valence-electron chi connectivity index (χ3n) is 2.08. The van der Waals surface area contributed by atoms with Crippen LogP contribution in [0, 0.1) is 0 Å².